The molecule has 0 saturated carbocycles. The van der Waals surface area contributed by atoms with E-state index in [-0.39, 0.29) is 12.3 Å². The number of benzene rings is 1. The number of hydrogen-bond acceptors (Lipinski definition) is 6. The van der Waals surface area contributed by atoms with Crippen LogP contribution in [0.25, 0.3) is 0 Å². The van der Waals surface area contributed by atoms with Crippen molar-refractivity contribution < 1.29 is 28.6 Å². The van der Waals surface area contributed by atoms with E-state index in [0.29, 0.717) is 16.9 Å². The zero-order chi connectivity index (χ0) is 19.9. The number of carbonyl (C=O) groups excluding carboxylic acids is 3. The molecule has 0 aromatic heterocycles. The molecule has 0 aliphatic rings. The summed E-state index contributed by atoms with van der Waals surface area (Å²) in [5.41, 5.74) is 0.279. The number of esters is 1. The van der Waals surface area contributed by atoms with Crippen LogP contribution in [0.5, 0.6) is 5.75 Å². The highest BCUT2D eigenvalue weighted by atomic mass is 16.6. The van der Waals surface area contributed by atoms with E-state index in [1.54, 1.807) is 39.0 Å². The minimum absolute atomic E-state index is 0.125. The van der Waals surface area contributed by atoms with Gasteiger partial charge in [0, 0.05) is 13.5 Å². The summed E-state index contributed by atoms with van der Waals surface area (Å²) in [5.74, 6) is -0.533. The molecule has 2 amide bonds. The summed E-state index contributed by atoms with van der Waals surface area (Å²) < 4.78 is 15.1. The fourth-order valence-corrected chi connectivity index (χ4v) is 2.22. The Bertz CT molecular complexity index is 666. The third-order valence-electron chi connectivity index (χ3n) is 3.35. The van der Waals surface area contributed by atoms with Crippen LogP contribution in [0.1, 0.15) is 36.7 Å². The van der Waals surface area contributed by atoms with Crippen LogP contribution in [-0.2, 0) is 20.7 Å². The molecule has 0 bridgehead atoms. The molecule has 0 heterocycles. The van der Waals surface area contributed by atoms with Gasteiger partial charge in [-0.2, -0.15) is 0 Å². The number of hydrogen-bond donors (Lipinski definition) is 2. The summed E-state index contributed by atoms with van der Waals surface area (Å²) in [6, 6.07) is 3.98. The highest BCUT2D eigenvalue weighted by Gasteiger charge is 2.26. The van der Waals surface area contributed by atoms with Gasteiger partial charge in [-0.25, -0.2) is 9.59 Å². The summed E-state index contributed by atoms with van der Waals surface area (Å²) in [4.78, 5) is 36.0. The number of carbonyl (C=O) groups is 3. The van der Waals surface area contributed by atoms with Gasteiger partial charge < -0.3 is 24.8 Å². The number of amides is 2. The smallest absolute Gasteiger partial charge is 0.408 e. The quantitative estimate of drug-likeness (QED) is 0.743. The monoisotopic (exact) mass is 366 g/mol. The highest BCUT2D eigenvalue weighted by Crippen LogP contribution is 2.21. The molecule has 1 aromatic carbocycles. The molecule has 1 unspecified atom stereocenters. The van der Waals surface area contributed by atoms with Crippen molar-refractivity contribution in [1.82, 2.24) is 10.6 Å². The second kappa shape index (κ2) is 9.07. The number of alkyl carbamates (subject to hydrolysis) is 1. The average Bonchev–Trinajstić information content (AvgIpc) is 2.57. The van der Waals surface area contributed by atoms with Gasteiger partial charge >= 0.3 is 12.1 Å². The van der Waals surface area contributed by atoms with Crippen LogP contribution in [0.15, 0.2) is 18.2 Å². The molecule has 1 aromatic rings. The molecule has 1 atom stereocenters. The SMILES string of the molecule is CNC(=O)c1cc(CC(NC(=O)OC(C)(C)C)C(=O)OC)ccc1OC. The number of methoxy groups -OCH3 is 2. The van der Waals surface area contributed by atoms with E-state index in [1.807, 2.05) is 0 Å². The first-order valence-electron chi connectivity index (χ1n) is 8.07. The molecule has 0 spiro atoms. The summed E-state index contributed by atoms with van der Waals surface area (Å²) in [5, 5.41) is 5.02. The second-order valence-electron chi connectivity index (χ2n) is 6.54. The molecule has 0 radical (unpaired) electrons. The van der Waals surface area contributed by atoms with Gasteiger partial charge in [0.1, 0.15) is 17.4 Å². The first kappa shape index (κ1) is 21.3. The molecule has 26 heavy (non-hydrogen) atoms. The van der Waals surface area contributed by atoms with Crippen molar-refractivity contribution in [2.45, 2.75) is 38.8 Å². The fraction of sp³-hybridized carbons (Fsp3) is 0.500. The minimum Gasteiger partial charge on any atom is -0.496 e. The Balaban J connectivity index is 3.03. The lowest BCUT2D eigenvalue weighted by molar-refractivity contribution is -0.143. The maximum absolute atomic E-state index is 12.0. The van der Waals surface area contributed by atoms with Gasteiger partial charge in [0.05, 0.1) is 19.8 Å². The molecule has 0 aliphatic heterocycles. The average molecular weight is 366 g/mol. The first-order valence-corrected chi connectivity index (χ1v) is 8.07. The maximum atomic E-state index is 12.0. The van der Waals surface area contributed by atoms with Gasteiger partial charge in [-0.1, -0.05) is 6.07 Å². The molecule has 8 heteroatoms. The number of rotatable bonds is 6. The van der Waals surface area contributed by atoms with Crippen LogP contribution in [0, 0.1) is 0 Å². The molecular formula is C18H26N2O6. The fourth-order valence-electron chi connectivity index (χ4n) is 2.22. The zero-order valence-corrected chi connectivity index (χ0v) is 16.0. The lowest BCUT2D eigenvalue weighted by Gasteiger charge is -2.22. The Hall–Kier alpha value is -2.77. The molecule has 2 N–H and O–H groups in total. The number of ether oxygens (including phenoxy) is 3. The zero-order valence-electron chi connectivity index (χ0n) is 16.0. The highest BCUT2D eigenvalue weighted by molar-refractivity contribution is 5.97. The summed E-state index contributed by atoms with van der Waals surface area (Å²) in [6.07, 6.45) is -0.604. The molecule has 1 rings (SSSR count). The van der Waals surface area contributed by atoms with Crippen LogP contribution < -0.4 is 15.4 Å². The predicted molar refractivity (Wildman–Crippen MR) is 95.3 cm³/mol. The largest absolute Gasteiger partial charge is 0.496 e. The van der Waals surface area contributed by atoms with E-state index < -0.39 is 23.7 Å². The van der Waals surface area contributed by atoms with Crippen molar-refractivity contribution in [3.8, 4) is 5.75 Å². The minimum atomic E-state index is -0.958. The number of nitrogens with one attached hydrogen (secondary N) is 2. The van der Waals surface area contributed by atoms with Crippen molar-refractivity contribution in [2.24, 2.45) is 0 Å². The Morgan fingerprint density at radius 1 is 1.15 bits per heavy atom. The molecular weight excluding hydrogens is 340 g/mol. The van der Waals surface area contributed by atoms with E-state index in [9.17, 15) is 14.4 Å². The molecule has 0 saturated heterocycles. The van der Waals surface area contributed by atoms with E-state index in [1.165, 1.54) is 21.3 Å². The normalized spacial score (nSPS) is 11.9. The van der Waals surface area contributed by atoms with Crippen LogP contribution in [0.2, 0.25) is 0 Å². The van der Waals surface area contributed by atoms with E-state index in [2.05, 4.69) is 10.6 Å². The van der Waals surface area contributed by atoms with Gasteiger partial charge in [-0.3, -0.25) is 4.79 Å². The molecule has 144 valence electrons. The topological polar surface area (TPSA) is 103 Å². The third-order valence-corrected chi connectivity index (χ3v) is 3.35. The molecule has 8 nitrogen and oxygen atoms in total. The Kier molecular flexibility index (Phi) is 7.42. The van der Waals surface area contributed by atoms with Crippen LogP contribution in [0.3, 0.4) is 0 Å². The standard InChI is InChI=1S/C18H26N2O6/c1-18(2,3)26-17(23)20-13(16(22)25-6)10-11-7-8-14(24-5)12(9-11)15(21)19-4/h7-9,13H,10H2,1-6H3,(H,19,21)(H,20,23). The van der Waals surface area contributed by atoms with Crippen molar-refractivity contribution in [2.75, 3.05) is 21.3 Å². The second-order valence-corrected chi connectivity index (χ2v) is 6.54. The van der Waals surface area contributed by atoms with E-state index >= 15 is 0 Å². The van der Waals surface area contributed by atoms with Crippen molar-refractivity contribution in [3.63, 3.8) is 0 Å². The Labute approximate surface area is 153 Å². The van der Waals surface area contributed by atoms with E-state index in [0.717, 1.165) is 0 Å². The predicted octanol–water partition coefficient (Wildman–Crippen LogP) is 1.66. The van der Waals surface area contributed by atoms with Crippen LogP contribution >= 0.6 is 0 Å². The summed E-state index contributed by atoms with van der Waals surface area (Å²) >= 11 is 0. The van der Waals surface area contributed by atoms with Gasteiger partial charge in [0.15, 0.2) is 0 Å². The van der Waals surface area contributed by atoms with Gasteiger partial charge in [0.25, 0.3) is 5.91 Å². The van der Waals surface area contributed by atoms with Crippen molar-refractivity contribution in [3.05, 3.63) is 29.3 Å². The molecule has 0 aliphatic carbocycles. The van der Waals surface area contributed by atoms with Crippen molar-refractivity contribution in [1.29, 1.82) is 0 Å². The lowest BCUT2D eigenvalue weighted by Crippen LogP contribution is -2.45. The summed E-state index contributed by atoms with van der Waals surface area (Å²) in [6.45, 7) is 5.16. The molecule has 0 fully saturated rings. The lowest BCUT2D eigenvalue weighted by atomic mass is 10.0. The first-order chi connectivity index (χ1) is 12.1. The summed E-state index contributed by atoms with van der Waals surface area (Å²) in [7, 11) is 4.20. The third kappa shape index (κ3) is 6.27. The van der Waals surface area contributed by atoms with E-state index in [4.69, 9.17) is 14.2 Å². The maximum Gasteiger partial charge on any atom is 0.408 e. The Morgan fingerprint density at radius 3 is 2.31 bits per heavy atom. The van der Waals surface area contributed by atoms with Crippen molar-refractivity contribution >= 4 is 18.0 Å². The Morgan fingerprint density at radius 2 is 1.81 bits per heavy atom. The van der Waals surface area contributed by atoms with Gasteiger partial charge in [-0.15, -0.1) is 0 Å². The van der Waals surface area contributed by atoms with Crippen LogP contribution in [-0.4, -0.2) is 50.9 Å². The van der Waals surface area contributed by atoms with Crippen LogP contribution in [0.4, 0.5) is 4.79 Å². The van der Waals surface area contributed by atoms with Gasteiger partial charge in [0.2, 0.25) is 0 Å². The van der Waals surface area contributed by atoms with Gasteiger partial charge in [-0.05, 0) is 38.5 Å².